The van der Waals surface area contributed by atoms with Crippen LogP contribution in [0.1, 0.15) is 60.8 Å². The summed E-state index contributed by atoms with van der Waals surface area (Å²) < 4.78 is 86.5. The van der Waals surface area contributed by atoms with Crippen LogP contribution in [0.25, 0.3) is 0 Å². The van der Waals surface area contributed by atoms with E-state index in [0.29, 0.717) is 37.9 Å². The van der Waals surface area contributed by atoms with E-state index in [2.05, 4.69) is 4.90 Å². The molecule has 0 saturated carbocycles. The molecule has 3 heterocycles. The Morgan fingerprint density at radius 2 is 1.53 bits per heavy atom. The number of alkyl halides is 6. The largest absolute Gasteiger partial charge is 0.416 e. The number of hydrogen-bond donors (Lipinski definition) is 0. The Labute approximate surface area is 217 Å². The summed E-state index contributed by atoms with van der Waals surface area (Å²) in [6.07, 6.45) is -5.73. The third-order valence-electron chi connectivity index (χ3n) is 8.15. The fourth-order valence-corrected chi connectivity index (χ4v) is 6.49. The maximum absolute atomic E-state index is 13.7. The predicted molar refractivity (Wildman–Crippen MR) is 128 cm³/mol. The van der Waals surface area contributed by atoms with Crippen molar-refractivity contribution in [1.29, 1.82) is 0 Å². The van der Waals surface area contributed by atoms with E-state index in [1.807, 2.05) is 35.2 Å². The van der Waals surface area contributed by atoms with Gasteiger partial charge in [-0.25, -0.2) is 0 Å². The highest BCUT2D eigenvalue weighted by atomic mass is 19.4. The van der Waals surface area contributed by atoms with Gasteiger partial charge in [0.2, 0.25) is 5.91 Å². The summed E-state index contributed by atoms with van der Waals surface area (Å²) in [5, 5.41) is 0. The zero-order valence-electron chi connectivity index (χ0n) is 20.8. The molecule has 2 bridgehead atoms. The van der Waals surface area contributed by atoms with Crippen LogP contribution >= 0.6 is 0 Å². The summed E-state index contributed by atoms with van der Waals surface area (Å²) in [4.78, 5) is 17.8. The molecule has 0 N–H and O–H groups in total. The van der Waals surface area contributed by atoms with Crippen LogP contribution in [0.15, 0.2) is 48.5 Å². The number of amides is 1. The molecule has 2 aromatic rings. The average molecular weight is 541 g/mol. The van der Waals surface area contributed by atoms with Gasteiger partial charge in [0.1, 0.15) is 0 Å². The molecule has 3 aliphatic heterocycles. The quantitative estimate of drug-likeness (QED) is 0.399. The van der Waals surface area contributed by atoms with Crippen molar-refractivity contribution in [2.45, 2.75) is 75.2 Å². The maximum atomic E-state index is 13.7. The molecule has 2 aromatic carbocycles. The first kappa shape index (κ1) is 27.0. The van der Waals surface area contributed by atoms with Crippen molar-refractivity contribution in [2.75, 3.05) is 19.6 Å². The van der Waals surface area contributed by atoms with Gasteiger partial charge in [0.15, 0.2) is 0 Å². The first-order valence-corrected chi connectivity index (χ1v) is 13.0. The van der Waals surface area contributed by atoms with Crippen molar-refractivity contribution in [3.8, 4) is 0 Å². The molecule has 5 rings (SSSR count). The number of benzene rings is 2. The van der Waals surface area contributed by atoms with Crippen molar-refractivity contribution in [2.24, 2.45) is 0 Å². The maximum Gasteiger partial charge on any atom is 0.416 e. The van der Waals surface area contributed by atoms with Crippen LogP contribution in [0, 0.1) is 0 Å². The molecule has 10 heteroatoms. The Balaban J connectivity index is 1.46. The van der Waals surface area contributed by atoms with Gasteiger partial charge >= 0.3 is 12.4 Å². The smallest absolute Gasteiger partial charge is 0.371 e. The van der Waals surface area contributed by atoms with Crippen molar-refractivity contribution in [3.05, 3.63) is 70.8 Å². The number of carbonyl (C=O) groups is 1. The van der Waals surface area contributed by atoms with E-state index in [1.165, 1.54) is 0 Å². The Kier molecular flexibility index (Phi) is 7.24. The second-order valence-corrected chi connectivity index (χ2v) is 10.5. The van der Waals surface area contributed by atoms with E-state index in [0.717, 1.165) is 37.9 Å². The lowest BCUT2D eigenvalue weighted by molar-refractivity contribution is -0.157. The molecule has 0 spiro atoms. The number of nitrogens with zero attached hydrogens (tertiary/aromatic N) is 2. The summed E-state index contributed by atoms with van der Waals surface area (Å²) in [6, 6.07) is 11.0. The standard InChI is InChI=1S/C28H30F6N2O2/c29-27(30,31)21-14-19(15-22(16-21)28(32,33)34)18-38-24-9-8-23-10-11-26(24,20-6-2-1-3-7-20)36(23)25(37)17-35-12-4-5-13-35/h1-3,6-7,14-16,23-24H,4-5,8-13,17-18H2/t23-,24+,26+/m0/s1. The predicted octanol–water partition coefficient (Wildman–Crippen LogP) is 6.39. The van der Waals surface area contributed by atoms with E-state index < -0.39 is 41.7 Å². The zero-order valence-corrected chi connectivity index (χ0v) is 20.8. The molecule has 4 nitrogen and oxygen atoms in total. The van der Waals surface area contributed by atoms with Crippen LogP contribution in [0.5, 0.6) is 0 Å². The molecular weight excluding hydrogens is 510 g/mol. The number of piperidine rings is 1. The molecule has 3 fully saturated rings. The average Bonchev–Trinajstić information content (AvgIpc) is 3.48. The van der Waals surface area contributed by atoms with E-state index in [9.17, 15) is 31.1 Å². The lowest BCUT2D eigenvalue weighted by atomic mass is 9.78. The minimum atomic E-state index is -4.93. The SMILES string of the molecule is O=C(CN1CCCC1)N1[C@H]2CC[C@@H](OCc3cc(C(F)(F)F)cc(C(F)(F)F)c3)[C@]1(c1ccccc1)CC2. The normalized spacial score (nSPS) is 26.2. The molecule has 1 amide bonds. The van der Waals surface area contributed by atoms with Crippen LogP contribution in [-0.2, 0) is 34.0 Å². The zero-order chi connectivity index (χ0) is 27.1. The third kappa shape index (κ3) is 5.17. The van der Waals surface area contributed by atoms with Gasteiger partial charge in [0, 0.05) is 6.04 Å². The van der Waals surface area contributed by atoms with Crippen molar-refractivity contribution >= 4 is 5.91 Å². The summed E-state index contributed by atoms with van der Waals surface area (Å²) in [6.45, 7) is 1.59. The van der Waals surface area contributed by atoms with Crippen molar-refractivity contribution < 1.29 is 35.9 Å². The summed E-state index contributed by atoms with van der Waals surface area (Å²) in [5.74, 6) is -0.00928. The van der Waals surface area contributed by atoms with Gasteiger partial charge in [0.25, 0.3) is 0 Å². The molecule has 3 saturated heterocycles. The number of hydrogen-bond acceptors (Lipinski definition) is 3. The topological polar surface area (TPSA) is 32.8 Å². The Morgan fingerprint density at radius 1 is 0.895 bits per heavy atom. The summed E-state index contributed by atoms with van der Waals surface area (Å²) in [5.41, 5.74) is -2.88. The number of fused-ring (bicyclic) bond motifs is 2. The molecule has 0 aliphatic carbocycles. The third-order valence-corrected chi connectivity index (χ3v) is 8.15. The summed E-state index contributed by atoms with van der Waals surface area (Å²) in [7, 11) is 0. The molecule has 206 valence electrons. The summed E-state index contributed by atoms with van der Waals surface area (Å²) >= 11 is 0. The highest BCUT2D eigenvalue weighted by Crippen LogP contribution is 2.52. The van der Waals surface area contributed by atoms with E-state index >= 15 is 0 Å². The van der Waals surface area contributed by atoms with Gasteiger partial charge in [-0.3, -0.25) is 9.69 Å². The number of likely N-dealkylation sites (tertiary alicyclic amines) is 1. The molecule has 3 atom stereocenters. The monoisotopic (exact) mass is 540 g/mol. The van der Waals surface area contributed by atoms with Crippen molar-refractivity contribution in [1.82, 2.24) is 9.80 Å². The number of rotatable bonds is 6. The van der Waals surface area contributed by atoms with Gasteiger partial charge in [-0.1, -0.05) is 30.3 Å². The van der Waals surface area contributed by atoms with Crippen molar-refractivity contribution in [3.63, 3.8) is 0 Å². The Bertz CT molecular complexity index is 1110. The molecular formula is C28H30F6N2O2. The lowest BCUT2D eigenvalue weighted by Crippen LogP contribution is -2.60. The van der Waals surface area contributed by atoms with Gasteiger partial charge < -0.3 is 9.64 Å². The number of ether oxygens (including phenoxy) is 1. The molecule has 38 heavy (non-hydrogen) atoms. The molecule has 0 aromatic heterocycles. The number of carbonyl (C=O) groups excluding carboxylic acids is 1. The highest BCUT2D eigenvalue weighted by Gasteiger charge is 2.57. The van der Waals surface area contributed by atoms with Crippen LogP contribution in [-0.4, -0.2) is 47.5 Å². The number of halogens is 6. The van der Waals surface area contributed by atoms with E-state index in [4.69, 9.17) is 4.74 Å². The Hall–Kier alpha value is -2.59. The van der Waals surface area contributed by atoms with Gasteiger partial charge in [-0.2, -0.15) is 26.3 Å². The second-order valence-electron chi connectivity index (χ2n) is 10.5. The first-order chi connectivity index (χ1) is 18.0. The lowest BCUT2D eigenvalue weighted by Gasteiger charge is -2.50. The molecule has 0 radical (unpaired) electrons. The fraction of sp³-hybridized carbons (Fsp3) is 0.536. The highest BCUT2D eigenvalue weighted by molar-refractivity contribution is 5.80. The van der Waals surface area contributed by atoms with Gasteiger partial charge in [0.05, 0.1) is 35.9 Å². The van der Waals surface area contributed by atoms with Crippen LogP contribution < -0.4 is 0 Å². The van der Waals surface area contributed by atoms with Crippen LogP contribution in [0.4, 0.5) is 26.3 Å². The minimum absolute atomic E-state index is 0.00928. The molecule has 0 unspecified atom stereocenters. The van der Waals surface area contributed by atoms with Crippen LogP contribution in [0.3, 0.4) is 0 Å². The van der Waals surface area contributed by atoms with Gasteiger partial charge in [-0.05, 0) is 80.9 Å². The fourth-order valence-electron chi connectivity index (χ4n) is 6.49. The second kappa shape index (κ2) is 10.2. The van der Waals surface area contributed by atoms with Gasteiger partial charge in [-0.15, -0.1) is 0 Å². The Morgan fingerprint density at radius 3 is 2.13 bits per heavy atom. The first-order valence-electron chi connectivity index (χ1n) is 13.0. The van der Waals surface area contributed by atoms with Crippen LogP contribution in [0.2, 0.25) is 0 Å². The van der Waals surface area contributed by atoms with E-state index in [-0.39, 0.29) is 23.6 Å². The minimum Gasteiger partial charge on any atom is -0.371 e. The van der Waals surface area contributed by atoms with E-state index in [1.54, 1.807) is 0 Å². The molecule has 3 aliphatic rings.